The minimum absolute atomic E-state index is 0.240. The lowest BCUT2D eigenvalue weighted by molar-refractivity contribution is -0.132. The van der Waals surface area contributed by atoms with Gasteiger partial charge in [0.15, 0.2) is 0 Å². The number of carbonyl (C=O) groups excluding carboxylic acids is 1. The molecular formula is C12H25N3OS. The van der Waals surface area contributed by atoms with E-state index in [0.717, 1.165) is 26.2 Å². The van der Waals surface area contributed by atoms with E-state index in [9.17, 15) is 4.79 Å². The van der Waals surface area contributed by atoms with E-state index in [1.807, 2.05) is 30.5 Å². The van der Waals surface area contributed by atoms with Crippen LogP contribution in [0.3, 0.4) is 0 Å². The van der Waals surface area contributed by atoms with E-state index in [2.05, 4.69) is 23.5 Å². The molecule has 0 aromatic heterocycles. The molecule has 1 saturated heterocycles. The highest BCUT2D eigenvalue weighted by Gasteiger charge is 2.30. The highest BCUT2D eigenvalue weighted by atomic mass is 32.2. The van der Waals surface area contributed by atoms with Gasteiger partial charge in [-0.3, -0.25) is 9.69 Å². The molecular weight excluding hydrogens is 234 g/mol. The minimum atomic E-state index is 0.240. The second kappa shape index (κ2) is 7.24. The quantitative estimate of drug-likeness (QED) is 0.753. The van der Waals surface area contributed by atoms with Crippen LogP contribution in [0.5, 0.6) is 0 Å². The van der Waals surface area contributed by atoms with Gasteiger partial charge in [0, 0.05) is 37.5 Å². The second-order valence-corrected chi connectivity index (χ2v) is 5.56. The lowest BCUT2D eigenvalue weighted by Gasteiger charge is -2.29. The van der Waals surface area contributed by atoms with Crippen LogP contribution in [-0.4, -0.2) is 73.0 Å². The Labute approximate surface area is 109 Å². The summed E-state index contributed by atoms with van der Waals surface area (Å²) < 4.78 is 0. The Kier molecular flexibility index (Phi) is 6.30. The van der Waals surface area contributed by atoms with E-state index in [0.29, 0.717) is 17.8 Å². The van der Waals surface area contributed by atoms with Crippen LogP contribution in [0.1, 0.15) is 13.8 Å². The smallest absolute Gasteiger partial charge is 0.236 e. The van der Waals surface area contributed by atoms with Gasteiger partial charge in [-0.15, -0.1) is 0 Å². The van der Waals surface area contributed by atoms with Crippen molar-refractivity contribution >= 4 is 17.7 Å². The summed E-state index contributed by atoms with van der Waals surface area (Å²) in [5, 5.41) is 4.00. The highest BCUT2D eigenvalue weighted by molar-refractivity contribution is 7.99. The van der Waals surface area contributed by atoms with Gasteiger partial charge >= 0.3 is 0 Å². The minimum Gasteiger partial charge on any atom is -0.342 e. The molecule has 1 N–H and O–H groups in total. The van der Waals surface area contributed by atoms with Crippen LogP contribution < -0.4 is 5.32 Å². The third-order valence-electron chi connectivity index (χ3n) is 3.50. The van der Waals surface area contributed by atoms with Crippen molar-refractivity contribution in [2.24, 2.45) is 0 Å². The first kappa shape index (κ1) is 14.8. The van der Waals surface area contributed by atoms with Gasteiger partial charge in [0.25, 0.3) is 0 Å². The van der Waals surface area contributed by atoms with Crippen LogP contribution in [0.25, 0.3) is 0 Å². The van der Waals surface area contributed by atoms with Gasteiger partial charge in [-0.2, -0.15) is 11.8 Å². The van der Waals surface area contributed by atoms with Crippen molar-refractivity contribution in [3.8, 4) is 0 Å². The van der Waals surface area contributed by atoms with Crippen LogP contribution in [0.4, 0.5) is 0 Å². The highest BCUT2D eigenvalue weighted by Crippen LogP contribution is 2.18. The SMILES string of the molecule is CCN(CC)C(=O)CN(C)C1CNCC1SC. The van der Waals surface area contributed by atoms with Gasteiger partial charge in [-0.25, -0.2) is 0 Å². The van der Waals surface area contributed by atoms with Crippen molar-refractivity contribution in [3.63, 3.8) is 0 Å². The molecule has 0 aliphatic carbocycles. The maximum absolute atomic E-state index is 12.0. The van der Waals surface area contributed by atoms with Crippen molar-refractivity contribution in [1.82, 2.24) is 15.1 Å². The van der Waals surface area contributed by atoms with Gasteiger partial charge in [-0.1, -0.05) is 0 Å². The first-order chi connectivity index (χ1) is 8.13. The maximum Gasteiger partial charge on any atom is 0.236 e. The number of amides is 1. The second-order valence-electron chi connectivity index (χ2n) is 4.48. The molecule has 1 rings (SSSR count). The molecule has 0 saturated carbocycles. The summed E-state index contributed by atoms with van der Waals surface area (Å²) in [6, 6.07) is 0.476. The molecule has 17 heavy (non-hydrogen) atoms. The average molecular weight is 259 g/mol. The Hall–Kier alpha value is -0.260. The van der Waals surface area contributed by atoms with E-state index in [-0.39, 0.29) is 5.91 Å². The summed E-state index contributed by atoms with van der Waals surface area (Å²) in [5.74, 6) is 0.240. The van der Waals surface area contributed by atoms with Gasteiger partial charge in [-0.05, 0) is 27.2 Å². The Morgan fingerprint density at radius 2 is 2.00 bits per heavy atom. The number of likely N-dealkylation sites (N-methyl/N-ethyl adjacent to an activating group) is 2. The molecule has 1 aliphatic heterocycles. The van der Waals surface area contributed by atoms with Crippen molar-refractivity contribution in [2.75, 3.05) is 46.0 Å². The first-order valence-electron chi connectivity index (χ1n) is 6.35. The standard InChI is InChI=1S/C12H25N3OS/c1-5-15(6-2)12(16)9-14(3)10-7-13-8-11(10)17-4/h10-11,13H,5-9H2,1-4H3. The van der Waals surface area contributed by atoms with Gasteiger partial charge in [0.1, 0.15) is 0 Å². The molecule has 2 unspecified atom stereocenters. The van der Waals surface area contributed by atoms with Crippen LogP contribution in [0.2, 0.25) is 0 Å². The number of rotatable bonds is 6. The number of thioether (sulfide) groups is 1. The fourth-order valence-corrected chi connectivity index (χ4v) is 3.23. The maximum atomic E-state index is 12.0. The number of hydrogen-bond donors (Lipinski definition) is 1. The number of nitrogens with one attached hydrogen (secondary N) is 1. The third-order valence-corrected chi connectivity index (χ3v) is 4.58. The van der Waals surface area contributed by atoms with Crippen LogP contribution in [0, 0.1) is 0 Å². The molecule has 1 fully saturated rings. The summed E-state index contributed by atoms with van der Waals surface area (Å²) in [4.78, 5) is 16.1. The van der Waals surface area contributed by atoms with E-state index in [1.165, 1.54) is 0 Å². The normalized spacial score (nSPS) is 24.3. The van der Waals surface area contributed by atoms with Gasteiger partial charge in [0.05, 0.1) is 6.54 Å². The Morgan fingerprint density at radius 3 is 2.53 bits per heavy atom. The summed E-state index contributed by atoms with van der Waals surface area (Å²) >= 11 is 1.89. The number of carbonyl (C=O) groups is 1. The van der Waals surface area contributed by atoms with Crippen molar-refractivity contribution in [1.29, 1.82) is 0 Å². The zero-order chi connectivity index (χ0) is 12.8. The molecule has 5 heteroatoms. The average Bonchev–Trinajstić information content (AvgIpc) is 2.78. The number of hydrogen-bond acceptors (Lipinski definition) is 4. The van der Waals surface area contributed by atoms with Crippen molar-refractivity contribution in [3.05, 3.63) is 0 Å². The summed E-state index contributed by atoms with van der Waals surface area (Å²) in [5.41, 5.74) is 0. The fraction of sp³-hybridized carbons (Fsp3) is 0.917. The molecule has 0 aromatic carbocycles. The summed E-state index contributed by atoms with van der Waals surface area (Å²) in [7, 11) is 2.06. The lowest BCUT2D eigenvalue weighted by atomic mass is 10.2. The molecule has 1 heterocycles. The Morgan fingerprint density at radius 1 is 1.35 bits per heavy atom. The summed E-state index contributed by atoms with van der Waals surface area (Å²) in [6.45, 7) is 8.25. The predicted octanol–water partition coefficient (Wildman–Crippen LogP) is 0.490. The monoisotopic (exact) mass is 259 g/mol. The fourth-order valence-electron chi connectivity index (χ4n) is 2.33. The molecule has 0 spiro atoms. The van der Waals surface area contributed by atoms with Crippen molar-refractivity contribution in [2.45, 2.75) is 25.1 Å². The number of nitrogens with zero attached hydrogens (tertiary/aromatic N) is 2. The molecule has 1 amide bonds. The molecule has 100 valence electrons. The van der Waals surface area contributed by atoms with E-state index in [1.54, 1.807) is 0 Å². The zero-order valence-electron chi connectivity index (χ0n) is 11.4. The molecule has 1 aliphatic rings. The van der Waals surface area contributed by atoms with Crippen LogP contribution >= 0.6 is 11.8 Å². The zero-order valence-corrected chi connectivity index (χ0v) is 12.2. The largest absolute Gasteiger partial charge is 0.342 e. The van der Waals surface area contributed by atoms with E-state index < -0.39 is 0 Å². The molecule has 0 aromatic rings. The third kappa shape index (κ3) is 3.86. The van der Waals surface area contributed by atoms with E-state index >= 15 is 0 Å². The van der Waals surface area contributed by atoms with Crippen LogP contribution in [-0.2, 0) is 4.79 Å². The molecule has 0 radical (unpaired) electrons. The Balaban J connectivity index is 2.47. The molecule has 2 atom stereocenters. The van der Waals surface area contributed by atoms with Gasteiger partial charge < -0.3 is 10.2 Å². The summed E-state index contributed by atoms with van der Waals surface area (Å²) in [6.07, 6.45) is 2.14. The van der Waals surface area contributed by atoms with E-state index in [4.69, 9.17) is 0 Å². The Bertz CT molecular complexity index is 246. The van der Waals surface area contributed by atoms with Crippen molar-refractivity contribution < 1.29 is 4.79 Å². The lowest BCUT2D eigenvalue weighted by Crippen LogP contribution is -2.46. The van der Waals surface area contributed by atoms with Gasteiger partial charge in [0.2, 0.25) is 5.91 Å². The first-order valence-corrected chi connectivity index (χ1v) is 7.64. The molecule has 0 bridgehead atoms. The van der Waals surface area contributed by atoms with Crippen LogP contribution in [0.15, 0.2) is 0 Å². The predicted molar refractivity (Wildman–Crippen MR) is 74.5 cm³/mol. The molecule has 4 nitrogen and oxygen atoms in total. The topological polar surface area (TPSA) is 35.6 Å².